The molecule has 2 heterocycles. The van der Waals surface area contributed by atoms with Crippen molar-refractivity contribution < 1.29 is 4.79 Å². The predicted molar refractivity (Wildman–Crippen MR) is 88.1 cm³/mol. The molecule has 0 bridgehead atoms. The number of amides is 1. The van der Waals surface area contributed by atoms with E-state index >= 15 is 0 Å². The molecule has 0 saturated carbocycles. The molecule has 2 N–H and O–H groups in total. The zero-order valence-electron chi connectivity index (χ0n) is 13.0. The van der Waals surface area contributed by atoms with Gasteiger partial charge >= 0.3 is 0 Å². The molecule has 1 aliphatic heterocycles. The van der Waals surface area contributed by atoms with Crippen LogP contribution in [-0.4, -0.2) is 40.0 Å². The van der Waals surface area contributed by atoms with Gasteiger partial charge in [0.2, 0.25) is 0 Å². The SMILES string of the molecule is CCNc1cnc(C(C)C)nc1C(=O)NC1CCSCC1. The Hall–Kier alpha value is -1.30. The van der Waals surface area contributed by atoms with E-state index in [9.17, 15) is 4.79 Å². The van der Waals surface area contributed by atoms with Crippen molar-refractivity contribution in [3.63, 3.8) is 0 Å². The summed E-state index contributed by atoms with van der Waals surface area (Å²) < 4.78 is 0. The first kappa shape index (κ1) is 16.1. The Bertz CT molecular complexity index is 487. The summed E-state index contributed by atoms with van der Waals surface area (Å²) in [6.07, 6.45) is 3.79. The minimum absolute atomic E-state index is 0.0906. The fourth-order valence-corrected chi connectivity index (χ4v) is 3.37. The van der Waals surface area contributed by atoms with Gasteiger partial charge in [-0.2, -0.15) is 11.8 Å². The maximum atomic E-state index is 12.5. The van der Waals surface area contributed by atoms with E-state index in [1.807, 2.05) is 32.5 Å². The summed E-state index contributed by atoms with van der Waals surface area (Å²) in [5.74, 6) is 3.06. The normalized spacial score (nSPS) is 16.0. The van der Waals surface area contributed by atoms with Crippen molar-refractivity contribution in [1.82, 2.24) is 15.3 Å². The molecule has 0 spiro atoms. The molecule has 6 heteroatoms. The number of hydrogen-bond acceptors (Lipinski definition) is 5. The van der Waals surface area contributed by atoms with E-state index in [-0.39, 0.29) is 17.9 Å². The summed E-state index contributed by atoms with van der Waals surface area (Å²) in [4.78, 5) is 21.3. The molecule has 1 fully saturated rings. The summed E-state index contributed by atoms with van der Waals surface area (Å²) in [5, 5.41) is 6.29. The lowest BCUT2D eigenvalue weighted by atomic mass is 10.1. The van der Waals surface area contributed by atoms with E-state index in [0.29, 0.717) is 17.2 Å². The Labute approximate surface area is 130 Å². The minimum Gasteiger partial charge on any atom is -0.382 e. The maximum absolute atomic E-state index is 12.5. The maximum Gasteiger partial charge on any atom is 0.272 e. The van der Waals surface area contributed by atoms with Gasteiger partial charge in [0.1, 0.15) is 5.82 Å². The zero-order valence-corrected chi connectivity index (χ0v) is 13.8. The number of aromatic nitrogens is 2. The molecule has 116 valence electrons. The van der Waals surface area contributed by atoms with Gasteiger partial charge in [-0.15, -0.1) is 0 Å². The largest absolute Gasteiger partial charge is 0.382 e. The van der Waals surface area contributed by atoms with Gasteiger partial charge in [0.05, 0.1) is 11.9 Å². The molecule has 0 aliphatic carbocycles. The average molecular weight is 308 g/mol. The molecule has 21 heavy (non-hydrogen) atoms. The first-order valence-electron chi connectivity index (χ1n) is 7.61. The van der Waals surface area contributed by atoms with Crippen molar-refractivity contribution in [3.8, 4) is 0 Å². The highest BCUT2D eigenvalue weighted by atomic mass is 32.2. The Kier molecular flexibility index (Phi) is 5.85. The van der Waals surface area contributed by atoms with E-state index in [4.69, 9.17) is 0 Å². The number of nitrogens with zero attached hydrogens (tertiary/aromatic N) is 2. The monoisotopic (exact) mass is 308 g/mol. The lowest BCUT2D eigenvalue weighted by Crippen LogP contribution is -2.38. The van der Waals surface area contributed by atoms with E-state index in [1.54, 1.807) is 6.20 Å². The van der Waals surface area contributed by atoms with Crippen molar-refractivity contribution in [2.75, 3.05) is 23.4 Å². The van der Waals surface area contributed by atoms with Crippen LogP contribution in [0.1, 0.15) is 55.8 Å². The highest BCUT2D eigenvalue weighted by Crippen LogP contribution is 2.19. The van der Waals surface area contributed by atoms with Crippen LogP contribution in [0.15, 0.2) is 6.20 Å². The van der Waals surface area contributed by atoms with Crippen molar-refractivity contribution in [2.45, 2.75) is 45.6 Å². The molecule has 0 atom stereocenters. The van der Waals surface area contributed by atoms with Crippen LogP contribution in [0.3, 0.4) is 0 Å². The molecule has 5 nitrogen and oxygen atoms in total. The second-order valence-corrected chi connectivity index (χ2v) is 6.76. The van der Waals surface area contributed by atoms with Crippen molar-refractivity contribution in [2.24, 2.45) is 0 Å². The van der Waals surface area contributed by atoms with Crippen molar-refractivity contribution >= 4 is 23.4 Å². The van der Waals surface area contributed by atoms with Gasteiger partial charge in [0, 0.05) is 18.5 Å². The van der Waals surface area contributed by atoms with E-state index in [2.05, 4.69) is 20.6 Å². The van der Waals surface area contributed by atoms with Crippen LogP contribution in [0, 0.1) is 0 Å². The third-order valence-corrected chi connectivity index (χ3v) is 4.51. The van der Waals surface area contributed by atoms with Crippen LogP contribution in [0.25, 0.3) is 0 Å². The summed E-state index contributed by atoms with van der Waals surface area (Å²) in [5.41, 5.74) is 1.18. The highest BCUT2D eigenvalue weighted by molar-refractivity contribution is 7.99. The van der Waals surface area contributed by atoms with Crippen LogP contribution < -0.4 is 10.6 Å². The fourth-order valence-electron chi connectivity index (χ4n) is 2.26. The van der Waals surface area contributed by atoms with Gasteiger partial charge in [0.15, 0.2) is 5.69 Å². The van der Waals surface area contributed by atoms with Gasteiger partial charge < -0.3 is 10.6 Å². The number of carbonyl (C=O) groups excluding carboxylic acids is 1. The van der Waals surface area contributed by atoms with Crippen LogP contribution in [-0.2, 0) is 0 Å². The second kappa shape index (κ2) is 7.64. The highest BCUT2D eigenvalue weighted by Gasteiger charge is 2.21. The molecule has 1 saturated heterocycles. The molecule has 1 aliphatic rings. The number of anilines is 1. The summed E-state index contributed by atoms with van der Waals surface area (Å²) >= 11 is 1.95. The van der Waals surface area contributed by atoms with E-state index in [0.717, 1.165) is 30.9 Å². The summed E-state index contributed by atoms with van der Waals surface area (Å²) in [6, 6.07) is 0.269. The Balaban J connectivity index is 2.17. The first-order valence-corrected chi connectivity index (χ1v) is 8.76. The molecule has 1 amide bonds. The van der Waals surface area contributed by atoms with Gasteiger partial charge in [-0.3, -0.25) is 4.79 Å². The Morgan fingerprint density at radius 3 is 2.76 bits per heavy atom. The lowest BCUT2D eigenvalue weighted by Gasteiger charge is -2.23. The average Bonchev–Trinajstić information content (AvgIpc) is 2.48. The fraction of sp³-hybridized carbons (Fsp3) is 0.667. The topological polar surface area (TPSA) is 66.9 Å². The third kappa shape index (κ3) is 4.33. The number of rotatable bonds is 5. The summed E-state index contributed by atoms with van der Waals surface area (Å²) in [6.45, 7) is 6.80. The second-order valence-electron chi connectivity index (χ2n) is 5.54. The summed E-state index contributed by atoms with van der Waals surface area (Å²) in [7, 11) is 0. The molecule has 0 aromatic carbocycles. The predicted octanol–water partition coefficient (Wildman–Crippen LogP) is 2.66. The first-order chi connectivity index (χ1) is 10.1. The van der Waals surface area contributed by atoms with Crippen LogP contribution in [0.5, 0.6) is 0 Å². The molecule has 1 aromatic heterocycles. The molecular weight excluding hydrogens is 284 g/mol. The number of thioether (sulfide) groups is 1. The molecule has 2 rings (SSSR count). The third-order valence-electron chi connectivity index (χ3n) is 3.46. The number of carbonyl (C=O) groups is 1. The van der Waals surface area contributed by atoms with Crippen LogP contribution >= 0.6 is 11.8 Å². The van der Waals surface area contributed by atoms with E-state index in [1.165, 1.54) is 0 Å². The standard InChI is InChI=1S/C15H24N4OS/c1-4-16-12-9-17-14(10(2)3)19-13(12)15(20)18-11-5-7-21-8-6-11/h9-11,16H,4-8H2,1-3H3,(H,18,20). The van der Waals surface area contributed by atoms with Gasteiger partial charge in [-0.05, 0) is 31.3 Å². The molecule has 0 unspecified atom stereocenters. The zero-order chi connectivity index (χ0) is 15.2. The smallest absolute Gasteiger partial charge is 0.272 e. The molecule has 0 radical (unpaired) electrons. The van der Waals surface area contributed by atoms with E-state index < -0.39 is 0 Å². The lowest BCUT2D eigenvalue weighted by molar-refractivity contribution is 0.0930. The molecule has 1 aromatic rings. The van der Waals surface area contributed by atoms with Gasteiger partial charge in [-0.25, -0.2) is 9.97 Å². The van der Waals surface area contributed by atoms with Gasteiger partial charge in [0.25, 0.3) is 5.91 Å². The minimum atomic E-state index is -0.0906. The Morgan fingerprint density at radius 2 is 2.14 bits per heavy atom. The van der Waals surface area contributed by atoms with Crippen molar-refractivity contribution in [3.05, 3.63) is 17.7 Å². The van der Waals surface area contributed by atoms with Gasteiger partial charge in [-0.1, -0.05) is 13.8 Å². The van der Waals surface area contributed by atoms with Crippen molar-refractivity contribution in [1.29, 1.82) is 0 Å². The number of nitrogens with one attached hydrogen (secondary N) is 2. The van der Waals surface area contributed by atoms with Crippen LogP contribution in [0.4, 0.5) is 5.69 Å². The number of hydrogen-bond donors (Lipinski definition) is 2. The van der Waals surface area contributed by atoms with Crippen LogP contribution in [0.2, 0.25) is 0 Å². The Morgan fingerprint density at radius 1 is 1.43 bits per heavy atom. The quantitative estimate of drug-likeness (QED) is 0.875. The molecular formula is C15H24N4OS.